The van der Waals surface area contributed by atoms with Gasteiger partial charge >= 0.3 is 0 Å². The third kappa shape index (κ3) is 4.96. The molecular weight excluding hydrogens is 132 g/mol. The van der Waals surface area contributed by atoms with Crippen molar-refractivity contribution in [2.75, 3.05) is 0 Å². The molecule has 12 radical (unpaired) electrons. The Labute approximate surface area is 84.2 Å². The van der Waals surface area contributed by atoms with Crippen LogP contribution in [0, 0.1) is 11.6 Å². The average Bonchev–Trinajstić information content (AvgIpc) is 1.84. The maximum absolute atomic E-state index is 5.36. The van der Waals surface area contributed by atoms with Gasteiger partial charge in [0.05, 0.1) is 0 Å². The molecule has 0 aliphatic rings. The van der Waals surface area contributed by atoms with Gasteiger partial charge in [-0.2, -0.15) is 11.6 Å². The van der Waals surface area contributed by atoms with Crippen molar-refractivity contribution in [2.45, 2.75) is 0 Å². The summed E-state index contributed by atoms with van der Waals surface area (Å²) in [5.74, 6) is 5.11. The van der Waals surface area contributed by atoms with Gasteiger partial charge in [-0.15, -0.1) is 0 Å². The second kappa shape index (κ2) is 5.79. The van der Waals surface area contributed by atoms with Gasteiger partial charge in [-0.05, 0) is 0 Å². The van der Waals surface area contributed by atoms with Gasteiger partial charge in [0.2, 0.25) is 0 Å². The topological polar surface area (TPSA) is 0 Å². The maximum atomic E-state index is 5.36. The summed E-state index contributed by atoms with van der Waals surface area (Å²) < 4.78 is 0. The molecule has 0 N–H and O–H groups in total. The molecule has 0 bridgehead atoms. The highest BCUT2D eigenvalue weighted by Gasteiger charge is 2.20. The van der Waals surface area contributed by atoms with Crippen molar-refractivity contribution in [2.24, 2.45) is 0 Å². The summed E-state index contributed by atoms with van der Waals surface area (Å²) in [5.41, 5.74) is 0. The molecule has 0 spiro atoms. The highest BCUT2D eigenvalue weighted by Crippen LogP contribution is 1.83. The van der Waals surface area contributed by atoms with E-state index in [9.17, 15) is 0 Å². The molecule has 0 atom stereocenters. The monoisotopic (exact) mass is 134 g/mol. The van der Waals surface area contributed by atoms with Crippen molar-refractivity contribution < 1.29 is 0 Å². The fourth-order valence-corrected chi connectivity index (χ4v) is 0.642. The van der Waals surface area contributed by atoms with Crippen LogP contribution in [0.15, 0.2) is 0 Å². The van der Waals surface area contributed by atoms with Crippen LogP contribution in [0.1, 0.15) is 0 Å². The van der Waals surface area contributed by atoms with Gasteiger partial charge < -0.3 is 0 Å². The summed E-state index contributed by atoms with van der Waals surface area (Å²) in [6.07, 6.45) is -1.37. The van der Waals surface area contributed by atoms with E-state index >= 15 is 0 Å². The summed E-state index contributed by atoms with van der Waals surface area (Å²) in [5, 5.41) is 0. The first-order chi connectivity index (χ1) is 5.45. The Morgan fingerprint density at radius 1 is 0.667 bits per heavy atom. The molecule has 0 aliphatic heterocycles. The minimum Gasteiger partial charge on any atom is -0.191 e. The summed E-state index contributed by atoms with van der Waals surface area (Å²) in [6.45, 7) is -1.20. The lowest BCUT2D eigenvalue weighted by molar-refractivity contribution is 2.84. The minimum atomic E-state index is -0.718. The Kier molecular flexibility index (Phi) is 5.89. The fraction of sp³-hybridized carbons (Fsp3) is 0. The lowest BCUT2D eigenvalue weighted by atomic mass is 8.73. The van der Waals surface area contributed by atoms with E-state index in [0.29, 0.717) is 0 Å². The molecule has 0 aromatic carbocycles. The largest absolute Gasteiger partial charge is 0.191 e. The van der Waals surface area contributed by atoms with Gasteiger partial charge in [0.1, 0.15) is 13.0 Å². The summed E-state index contributed by atoms with van der Waals surface area (Å²) in [4.78, 5) is 0. The van der Waals surface area contributed by atoms with Crippen LogP contribution in [0.3, 0.4) is 0 Å². The van der Waals surface area contributed by atoms with E-state index in [1.54, 1.807) is 0 Å². The SMILES string of the molecule is [B]B([B])C#CB(B([B])[B])B([B])[B]. The Morgan fingerprint density at radius 2 is 1.08 bits per heavy atom. The standard InChI is InChI=1S/C2B10/c3-9(4)1-2-10(11(5)6)12(7)8. The fourth-order valence-electron chi connectivity index (χ4n) is 0.642. The number of hydrogen-bond donors (Lipinski definition) is 0. The van der Waals surface area contributed by atoms with Gasteiger partial charge in [-0.25, -0.2) is 0 Å². The summed E-state index contributed by atoms with van der Waals surface area (Å²) in [7, 11) is 31.8. The molecule has 0 amide bonds. The van der Waals surface area contributed by atoms with E-state index in [1.807, 2.05) is 0 Å². The highest BCUT2D eigenvalue weighted by atomic mass is 13.3. The van der Waals surface area contributed by atoms with E-state index in [4.69, 9.17) is 46.4 Å². The van der Waals surface area contributed by atoms with Crippen LogP contribution in [0.25, 0.3) is 0 Å². The van der Waals surface area contributed by atoms with Crippen molar-refractivity contribution in [3.8, 4) is 11.6 Å². The number of rotatable bonds is 2. The van der Waals surface area contributed by atoms with Crippen LogP contribution in [0.2, 0.25) is 0 Å². The Bertz CT molecular complexity index is 164. The van der Waals surface area contributed by atoms with Crippen molar-refractivity contribution in [3.63, 3.8) is 0 Å². The average molecular weight is 132 g/mol. The van der Waals surface area contributed by atoms with E-state index < -0.39 is 25.8 Å². The molecule has 0 fully saturated rings. The van der Waals surface area contributed by atoms with E-state index in [0.717, 1.165) is 0 Å². The zero-order valence-corrected chi connectivity index (χ0v) is 6.77. The molecule has 10 heteroatoms. The molecule has 0 nitrogen and oxygen atoms in total. The van der Waals surface area contributed by atoms with Gasteiger partial charge in [-0.1, -0.05) is 0 Å². The molecule has 0 rings (SSSR count). The van der Waals surface area contributed by atoms with Crippen molar-refractivity contribution in [1.82, 2.24) is 0 Å². The third-order valence-corrected chi connectivity index (χ3v) is 1.25. The molecular formula is C2B10. The highest BCUT2D eigenvalue weighted by molar-refractivity contribution is 7.83. The van der Waals surface area contributed by atoms with E-state index in [1.165, 1.54) is 0 Å². The van der Waals surface area contributed by atoms with Crippen LogP contribution < -0.4 is 0 Å². The first-order valence-corrected chi connectivity index (χ1v) is 3.49. The molecule has 0 aliphatic carbocycles. The summed E-state index contributed by atoms with van der Waals surface area (Å²) >= 11 is 0. The Hall–Kier alpha value is 0.209. The van der Waals surface area contributed by atoms with Crippen LogP contribution in [-0.4, -0.2) is 72.2 Å². The molecule has 0 heterocycles. The predicted octanol–water partition coefficient (Wildman–Crippen LogP) is -3.80. The lowest BCUT2D eigenvalue weighted by Crippen LogP contribution is -2.50. The van der Waals surface area contributed by atoms with Crippen molar-refractivity contribution >= 4 is 72.2 Å². The second-order valence-electron chi connectivity index (χ2n) is 2.49. The zero-order chi connectivity index (χ0) is 9.72. The molecule has 0 aromatic rings. The van der Waals surface area contributed by atoms with Crippen LogP contribution in [0.5, 0.6) is 0 Å². The second-order valence-corrected chi connectivity index (χ2v) is 2.49. The van der Waals surface area contributed by atoms with Crippen molar-refractivity contribution in [1.29, 1.82) is 0 Å². The normalized spacial score (nSPS) is 7.67. The molecule has 0 saturated carbocycles. The van der Waals surface area contributed by atoms with Crippen molar-refractivity contribution in [3.05, 3.63) is 0 Å². The molecule has 38 valence electrons. The van der Waals surface area contributed by atoms with Crippen LogP contribution >= 0.6 is 0 Å². The lowest BCUT2D eigenvalue weighted by Gasteiger charge is -2.12. The minimum absolute atomic E-state index is 0.486. The maximum Gasteiger partial charge on any atom is 0.131 e. The molecule has 12 heavy (non-hydrogen) atoms. The van der Waals surface area contributed by atoms with Gasteiger partial charge in [0.15, 0.2) is 0 Å². The molecule has 0 unspecified atom stereocenters. The molecule has 0 aromatic heterocycles. The van der Waals surface area contributed by atoms with Crippen LogP contribution in [0.4, 0.5) is 0 Å². The molecule has 0 saturated heterocycles. The Balaban J connectivity index is 4.26. The number of hydrogen-bond acceptors (Lipinski definition) is 0. The van der Waals surface area contributed by atoms with Crippen LogP contribution in [-0.2, 0) is 0 Å². The summed E-state index contributed by atoms with van der Waals surface area (Å²) in [6, 6.07) is 0. The third-order valence-electron chi connectivity index (χ3n) is 1.25. The van der Waals surface area contributed by atoms with Gasteiger partial charge in [0.25, 0.3) is 0 Å². The van der Waals surface area contributed by atoms with Gasteiger partial charge in [-0.3, -0.25) is 0 Å². The van der Waals surface area contributed by atoms with Gasteiger partial charge in [0, 0.05) is 59.2 Å². The smallest absolute Gasteiger partial charge is 0.131 e. The van der Waals surface area contributed by atoms with E-state index in [-0.39, 0.29) is 0 Å². The first kappa shape index (κ1) is 12.2. The van der Waals surface area contributed by atoms with E-state index in [2.05, 4.69) is 11.6 Å². The zero-order valence-electron chi connectivity index (χ0n) is 6.77. The predicted molar refractivity (Wildman–Crippen MR) is 65.3 cm³/mol. The Morgan fingerprint density at radius 3 is 1.33 bits per heavy atom. The quantitative estimate of drug-likeness (QED) is 0.267. The first-order valence-electron chi connectivity index (χ1n) is 3.49.